The minimum Gasteiger partial charge on any atom is -1.00 e. The Hall–Kier alpha value is -0.900. The van der Waals surface area contributed by atoms with E-state index in [1.807, 2.05) is 0 Å². The average Bonchev–Trinajstić information content (AvgIpc) is 2.91. The lowest BCUT2D eigenvalue weighted by atomic mass is 10.0. The Morgan fingerprint density at radius 2 is 1.31 bits per heavy atom. The monoisotopic (exact) mass is 463 g/mol. The molecule has 0 spiro atoms. The largest absolute Gasteiger partial charge is 1.00 e. The summed E-state index contributed by atoms with van der Waals surface area (Å²) in [6.07, 6.45) is 14.0. The Morgan fingerprint density at radius 1 is 0.731 bits per heavy atom. The number of hydrogen-bond donors (Lipinski definition) is 0. The van der Waals surface area contributed by atoms with Crippen LogP contribution in [0.1, 0.15) is 83.6 Å². The van der Waals surface area contributed by atoms with Crippen LogP contribution in [0.2, 0.25) is 0 Å². The summed E-state index contributed by atoms with van der Waals surface area (Å²) in [5.74, 6) is 0. The molecule has 0 saturated carbocycles. The SMILES string of the molecule is CCCCCCCCCCCC[N+]1=C(C)c2cccc3cccc1c23.[I-]. The third-order valence-corrected chi connectivity index (χ3v) is 5.70. The second-order valence-corrected chi connectivity index (χ2v) is 7.60. The van der Waals surface area contributed by atoms with Crippen molar-refractivity contribution in [3.8, 4) is 0 Å². The van der Waals surface area contributed by atoms with Gasteiger partial charge in [-0.05, 0) is 17.9 Å². The smallest absolute Gasteiger partial charge is 0.214 e. The number of nitrogens with zero attached hydrogens (tertiary/aromatic N) is 1. The van der Waals surface area contributed by atoms with Gasteiger partial charge in [0.05, 0.1) is 10.9 Å². The minimum atomic E-state index is 0. The second-order valence-electron chi connectivity index (χ2n) is 7.60. The molecule has 2 aromatic carbocycles. The molecule has 3 rings (SSSR count). The molecule has 1 aliphatic rings. The fraction of sp³-hybridized carbons (Fsp3) is 0.542. The summed E-state index contributed by atoms with van der Waals surface area (Å²) in [5, 5.41) is 2.83. The Kier molecular flexibility index (Phi) is 9.10. The van der Waals surface area contributed by atoms with Crippen LogP contribution in [0.15, 0.2) is 36.4 Å². The van der Waals surface area contributed by atoms with Crippen LogP contribution in [-0.2, 0) is 0 Å². The van der Waals surface area contributed by atoms with E-state index in [2.05, 4.69) is 54.8 Å². The van der Waals surface area contributed by atoms with Gasteiger partial charge in [0.1, 0.15) is 6.54 Å². The van der Waals surface area contributed by atoms with Gasteiger partial charge in [-0.2, -0.15) is 4.58 Å². The van der Waals surface area contributed by atoms with Gasteiger partial charge in [0.15, 0.2) is 5.71 Å². The molecule has 0 saturated heterocycles. The first-order valence-corrected chi connectivity index (χ1v) is 10.5. The van der Waals surface area contributed by atoms with Crippen molar-refractivity contribution in [3.05, 3.63) is 42.0 Å². The molecule has 0 atom stereocenters. The number of unbranched alkanes of at least 4 members (excludes halogenated alkanes) is 9. The second kappa shape index (κ2) is 11.1. The first kappa shape index (κ1) is 21.4. The predicted octanol–water partition coefficient (Wildman–Crippen LogP) is 4.23. The van der Waals surface area contributed by atoms with Crippen molar-refractivity contribution in [2.75, 3.05) is 6.54 Å². The van der Waals surface area contributed by atoms with Crippen LogP contribution in [0.5, 0.6) is 0 Å². The minimum absolute atomic E-state index is 0. The van der Waals surface area contributed by atoms with Crippen molar-refractivity contribution in [2.45, 2.75) is 78.1 Å². The van der Waals surface area contributed by atoms with Crippen molar-refractivity contribution >= 4 is 22.2 Å². The topological polar surface area (TPSA) is 3.01 Å². The summed E-state index contributed by atoms with van der Waals surface area (Å²) in [6, 6.07) is 13.4. The molecule has 1 nitrogen and oxygen atoms in total. The van der Waals surface area contributed by atoms with E-state index in [1.165, 1.54) is 91.9 Å². The maximum Gasteiger partial charge on any atom is 0.214 e. The highest BCUT2D eigenvalue weighted by Crippen LogP contribution is 2.35. The lowest BCUT2D eigenvalue weighted by molar-refractivity contribution is -0.437. The van der Waals surface area contributed by atoms with Gasteiger partial charge in [0.2, 0.25) is 5.69 Å². The molecule has 0 unspecified atom stereocenters. The summed E-state index contributed by atoms with van der Waals surface area (Å²) < 4.78 is 2.54. The zero-order chi connectivity index (χ0) is 17.5. The zero-order valence-electron chi connectivity index (χ0n) is 16.6. The van der Waals surface area contributed by atoms with E-state index < -0.39 is 0 Å². The van der Waals surface area contributed by atoms with Crippen LogP contribution >= 0.6 is 0 Å². The quantitative estimate of drug-likeness (QED) is 0.267. The summed E-state index contributed by atoms with van der Waals surface area (Å²) in [7, 11) is 0. The zero-order valence-corrected chi connectivity index (χ0v) is 18.7. The summed E-state index contributed by atoms with van der Waals surface area (Å²) in [5.41, 5.74) is 4.28. The number of benzene rings is 2. The van der Waals surface area contributed by atoms with Crippen molar-refractivity contribution in [3.63, 3.8) is 0 Å². The molecule has 0 aromatic heterocycles. The predicted molar refractivity (Wildman–Crippen MR) is 110 cm³/mol. The molecule has 0 aliphatic carbocycles. The van der Waals surface area contributed by atoms with Gasteiger partial charge in [0, 0.05) is 19.4 Å². The summed E-state index contributed by atoms with van der Waals surface area (Å²) >= 11 is 0. The van der Waals surface area contributed by atoms with Crippen molar-refractivity contribution < 1.29 is 28.6 Å². The van der Waals surface area contributed by atoms with Crippen molar-refractivity contribution in [1.82, 2.24) is 0 Å². The Morgan fingerprint density at radius 3 is 1.96 bits per heavy atom. The standard InChI is InChI=1S/C24H34N.HI/c1-3-4-5-6-7-8-9-10-11-12-19-25-20(2)22-17-13-15-21-16-14-18-23(25)24(21)22;/h13-18H,3-12,19H2,1-2H3;1H/q+1;/p-1. The van der Waals surface area contributed by atoms with Gasteiger partial charge in [0.25, 0.3) is 0 Å². The lowest BCUT2D eigenvalue weighted by Gasteiger charge is -2.03. The van der Waals surface area contributed by atoms with E-state index in [0.717, 1.165) is 6.54 Å². The Bertz CT molecular complexity index is 727. The number of hydrogen-bond acceptors (Lipinski definition) is 0. The first-order valence-electron chi connectivity index (χ1n) is 10.5. The van der Waals surface area contributed by atoms with E-state index in [4.69, 9.17) is 0 Å². The molecule has 1 heterocycles. The molecule has 0 N–H and O–H groups in total. The number of rotatable bonds is 11. The normalized spacial score (nSPS) is 12.7. The molecule has 0 fully saturated rings. The Labute approximate surface area is 176 Å². The lowest BCUT2D eigenvalue weighted by Crippen LogP contribution is -3.00. The maximum atomic E-state index is 2.54. The maximum absolute atomic E-state index is 2.54. The average molecular weight is 463 g/mol. The van der Waals surface area contributed by atoms with Crippen LogP contribution in [0.3, 0.4) is 0 Å². The van der Waals surface area contributed by atoms with E-state index >= 15 is 0 Å². The molecular formula is C24H34IN. The molecule has 0 bridgehead atoms. The molecule has 142 valence electrons. The fourth-order valence-corrected chi connectivity index (χ4v) is 4.22. The van der Waals surface area contributed by atoms with E-state index in [0.29, 0.717) is 0 Å². The van der Waals surface area contributed by atoms with Gasteiger partial charge in [-0.1, -0.05) is 82.6 Å². The van der Waals surface area contributed by atoms with Gasteiger partial charge in [-0.25, -0.2) is 0 Å². The van der Waals surface area contributed by atoms with E-state index in [9.17, 15) is 0 Å². The van der Waals surface area contributed by atoms with E-state index in [-0.39, 0.29) is 24.0 Å². The van der Waals surface area contributed by atoms with Crippen LogP contribution < -0.4 is 24.0 Å². The van der Waals surface area contributed by atoms with Gasteiger partial charge in [-0.15, -0.1) is 0 Å². The molecule has 26 heavy (non-hydrogen) atoms. The van der Waals surface area contributed by atoms with Crippen LogP contribution in [-0.4, -0.2) is 16.8 Å². The van der Waals surface area contributed by atoms with Crippen molar-refractivity contribution in [2.24, 2.45) is 0 Å². The van der Waals surface area contributed by atoms with E-state index in [1.54, 1.807) is 0 Å². The summed E-state index contributed by atoms with van der Waals surface area (Å²) in [4.78, 5) is 0. The highest BCUT2D eigenvalue weighted by atomic mass is 127. The van der Waals surface area contributed by atoms with Gasteiger partial charge < -0.3 is 24.0 Å². The van der Waals surface area contributed by atoms with Crippen LogP contribution in [0.25, 0.3) is 10.8 Å². The molecule has 1 aliphatic heterocycles. The van der Waals surface area contributed by atoms with Crippen LogP contribution in [0, 0.1) is 0 Å². The fourth-order valence-electron chi connectivity index (χ4n) is 4.22. The van der Waals surface area contributed by atoms with Gasteiger partial charge >= 0.3 is 0 Å². The highest BCUT2D eigenvalue weighted by molar-refractivity contribution is 6.14. The Balaban J connectivity index is 0.00000243. The molecule has 0 amide bonds. The number of halogens is 1. The molecule has 2 heteroatoms. The third-order valence-electron chi connectivity index (χ3n) is 5.70. The molecular weight excluding hydrogens is 429 g/mol. The summed E-state index contributed by atoms with van der Waals surface area (Å²) in [6.45, 7) is 5.74. The van der Waals surface area contributed by atoms with Crippen molar-refractivity contribution in [1.29, 1.82) is 0 Å². The van der Waals surface area contributed by atoms with Crippen LogP contribution in [0.4, 0.5) is 5.69 Å². The molecule has 2 aromatic rings. The molecule has 0 radical (unpaired) electrons. The van der Waals surface area contributed by atoms with Gasteiger partial charge in [-0.3, -0.25) is 0 Å². The third kappa shape index (κ3) is 5.09. The first-order chi connectivity index (χ1) is 12.3. The highest BCUT2D eigenvalue weighted by Gasteiger charge is 2.28.